The Morgan fingerprint density at radius 3 is 2.38 bits per heavy atom. The SMILES string of the molecule is CS(=O)(=O)c1ccccc1C(c1ccccc1)N1CCN(C(=O)c2cncc3cc[nH]c23)CC1. The molecule has 4 aromatic rings. The van der Waals surface area contributed by atoms with Crippen LogP contribution in [0.5, 0.6) is 0 Å². The first-order valence-corrected chi connectivity index (χ1v) is 13.1. The van der Waals surface area contributed by atoms with E-state index in [2.05, 4.69) is 14.9 Å². The minimum atomic E-state index is -3.40. The molecule has 3 heterocycles. The van der Waals surface area contributed by atoms with Crippen molar-refractivity contribution in [3.8, 4) is 0 Å². The van der Waals surface area contributed by atoms with Gasteiger partial charge in [0.1, 0.15) is 0 Å². The fourth-order valence-corrected chi connectivity index (χ4v) is 5.69. The van der Waals surface area contributed by atoms with Crippen LogP contribution in [0.15, 0.2) is 84.1 Å². The van der Waals surface area contributed by atoms with Crippen LogP contribution >= 0.6 is 0 Å². The van der Waals surface area contributed by atoms with E-state index < -0.39 is 9.84 Å². The number of fused-ring (bicyclic) bond motifs is 1. The van der Waals surface area contributed by atoms with E-state index in [4.69, 9.17) is 0 Å². The number of H-pyrrole nitrogens is 1. The molecule has 8 heteroatoms. The highest BCUT2D eigenvalue weighted by molar-refractivity contribution is 7.90. The molecule has 1 saturated heterocycles. The first kappa shape index (κ1) is 22.3. The van der Waals surface area contributed by atoms with Gasteiger partial charge in [-0.25, -0.2) is 8.42 Å². The molecule has 1 unspecified atom stereocenters. The van der Waals surface area contributed by atoms with Crippen LogP contribution in [0, 0.1) is 0 Å². The lowest BCUT2D eigenvalue weighted by Crippen LogP contribution is -2.50. The number of pyridine rings is 1. The quantitative estimate of drug-likeness (QED) is 0.478. The summed E-state index contributed by atoms with van der Waals surface area (Å²) in [7, 11) is -3.40. The highest BCUT2D eigenvalue weighted by Crippen LogP contribution is 2.34. The van der Waals surface area contributed by atoms with Gasteiger partial charge in [-0.2, -0.15) is 0 Å². The number of piperazine rings is 1. The summed E-state index contributed by atoms with van der Waals surface area (Å²) in [5.74, 6) is -0.0482. The van der Waals surface area contributed by atoms with Gasteiger partial charge in [0.2, 0.25) is 0 Å². The maximum absolute atomic E-state index is 13.3. The third-order valence-electron chi connectivity index (χ3n) is 6.39. The summed E-state index contributed by atoms with van der Waals surface area (Å²) in [6.07, 6.45) is 6.41. The number of hydrogen-bond acceptors (Lipinski definition) is 5. The van der Waals surface area contributed by atoms with Gasteiger partial charge in [-0.15, -0.1) is 0 Å². The number of amides is 1. The van der Waals surface area contributed by atoms with Gasteiger partial charge in [0, 0.05) is 56.4 Å². The molecule has 1 N–H and O–H groups in total. The molecular weight excluding hydrogens is 448 g/mol. The van der Waals surface area contributed by atoms with Crippen LogP contribution in [-0.2, 0) is 9.84 Å². The summed E-state index contributed by atoms with van der Waals surface area (Å²) in [6.45, 7) is 2.33. The fourth-order valence-electron chi connectivity index (χ4n) is 4.76. The minimum Gasteiger partial charge on any atom is -0.360 e. The first-order valence-electron chi connectivity index (χ1n) is 11.2. The average molecular weight is 475 g/mol. The van der Waals surface area contributed by atoms with E-state index in [1.165, 1.54) is 6.26 Å². The molecule has 1 fully saturated rings. The van der Waals surface area contributed by atoms with Crippen molar-refractivity contribution in [3.63, 3.8) is 0 Å². The van der Waals surface area contributed by atoms with Crippen molar-refractivity contribution in [3.05, 3.63) is 95.9 Å². The molecule has 2 aromatic heterocycles. The summed E-state index contributed by atoms with van der Waals surface area (Å²) in [6, 6.07) is 18.8. The summed E-state index contributed by atoms with van der Waals surface area (Å²) in [4.78, 5) is 25.1. The molecule has 7 nitrogen and oxygen atoms in total. The molecule has 5 rings (SSSR count). The topological polar surface area (TPSA) is 86.4 Å². The number of aromatic nitrogens is 2. The number of benzene rings is 2. The van der Waals surface area contributed by atoms with Gasteiger partial charge in [0.15, 0.2) is 9.84 Å². The van der Waals surface area contributed by atoms with Crippen molar-refractivity contribution in [2.45, 2.75) is 10.9 Å². The zero-order chi connectivity index (χ0) is 23.7. The Bertz CT molecular complexity index is 1420. The van der Waals surface area contributed by atoms with Crippen LogP contribution in [0.2, 0.25) is 0 Å². The van der Waals surface area contributed by atoms with Gasteiger partial charge >= 0.3 is 0 Å². The lowest BCUT2D eigenvalue weighted by Gasteiger charge is -2.40. The second-order valence-electron chi connectivity index (χ2n) is 8.58. The predicted molar refractivity (Wildman–Crippen MR) is 131 cm³/mol. The first-order chi connectivity index (χ1) is 16.4. The molecule has 1 amide bonds. The van der Waals surface area contributed by atoms with E-state index >= 15 is 0 Å². The Hall–Kier alpha value is -3.49. The molecule has 0 saturated carbocycles. The van der Waals surface area contributed by atoms with Gasteiger partial charge in [-0.3, -0.25) is 14.7 Å². The van der Waals surface area contributed by atoms with Gasteiger partial charge < -0.3 is 9.88 Å². The fraction of sp³-hybridized carbons (Fsp3) is 0.231. The Balaban J connectivity index is 1.43. The van der Waals surface area contributed by atoms with E-state index in [9.17, 15) is 13.2 Å². The van der Waals surface area contributed by atoms with Crippen molar-refractivity contribution in [1.82, 2.24) is 19.8 Å². The predicted octanol–water partition coefficient (Wildman–Crippen LogP) is 3.51. The van der Waals surface area contributed by atoms with Crippen LogP contribution in [0.1, 0.15) is 27.5 Å². The minimum absolute atomic E-state index is 0.0482. The van der Waals surface area contributed by atoms with Crippen LogP contribution in [0.3, 0.4) is 0 Å². The lowest BCUT2D eigenvalue weighted by atomic mass is 9.96. The molecule has 1 aliphatic rings. The van der Waals surface area contributed by atoms with Gasteiger partial charge in [-0.05, 0) is 23.3 Å². The maximum atomic E-state index is 13.3. The molecule has 34 heavy (non-hydrogen) atoms. The second kappa shape index (κ2) is 9.04. The smallest absolute Gasteiger partial charge is 0.257 e. The third-order valence-corrected chi connectivity index (χ3v) is 7.56. The number of nitrogens with one attached hydrogen (secondary N) is 1. The molecular formula is C26H26N4O3S. The van der Waals surface area contributed by atoms with Crippen molar-refractivity contribution in [1.29, 1.82) is 0 Å². The second-order valence-corrected chi connectivity index (χ2v) is 10.6. The number of rotatable bonds is 5. The number of aromatic amines is 1. The van der Waals surface area contributed by atoms with Crippen LogP contribution in [0.25, 0.3) is 10.9 Å². The lowest BCUT2D eigenvalue weighted by molar-refractivity contribution is 0.0597. The van der Waals surface area contributed by atoms with E-state index in [-0.39, 0.29) is 11.9 Å². The van der Waals surface area contributed by atoms with Gasteiger partial charge in [0.05, 0.1) is 22.0 Å². The number of nitrogens with zero attached hydrogens (tertiary/aromatic N) is 3. The molecule has 0 radical (unpaired) electrons. The van der Waals surface area contributed by atoms with E-state index in [1.54, 1.807) is 24.5 Å². The number of sulfone groups is 1. The molecule has 2 aromatic carbocycles. The molecule has 1 aliphatic heterocycles. The van der Waals surface area contributed by atoms with Crippen LogP contribution < -0.4 is 0 Å². The van der Waals surface area contributed by atoms with Crippen molar-refractivity contribution < 1.29 is 13.2 Å². The van der Waals surface area contributed by atoms with E-state index in [1.807, 2.05) is 59.6 Å². The van der Waals surface area contributed by atoms with Crippen LogP contribution in [-0.4, -0.2) is 66.5 Å². The third kappa shape index (κ3) is 4.22. The largest absolute Gasteiger partial charge is 0.360 e. The molecule has 1 atom stereocenters. The van der Waals surface area contributed by atoms with E-state index in [0.29, 0.717) is 36.6 Å². The van der Waals surface area contributed by atoms with Crippen molar-refractivity contribution in [2.75, 3.05) is 32.4 Å². The number of hydrogen-bond donors (Lipinski definition) is 1. The van der Waals surface area contributed by atoms with E-state index in [0.717, 1.165) is 22.0 Å². The Morgan fingerprint density at radius 2 is 1.65 bits per heavy atom. The van der Waals surface area contributed by atoms with Crippen LogP contribution in [0.4, 0.5) is 0 Å². The Labute approximate surface area is 199 Å². The zero-order valence-electron chi connectivity index (χ0n) is 18.9. The van der Waals surface area contributed by atoms with Crippen molar-refractivity contribution in [2.24, 2.45) is 0 Å². The summed E-state index contributed by atoms with van der Waals surface area (Å²) in [5, 5.41) is 0.908. The number of carbonyl (C=O) groups is 1. The molecule has 0 spiro atoms. The van der Waals surface area contributed by atoms with Crippen molar-refractivity contribution >= 4 is 26.6 Å². The zero-order valence-corrected chi connectivity index (χ0v) is 19.7. The summed E-state index contributed by atoms with van der Waals surface area (Å²) < 4.78 is 25.2. The Morgan fingerprint density at radius 1 is 0.941 bits per heavy atom. The normalized spacial score (nSPS) is 16.0. The highest BCUT2D eigenvalue weighted by atomic mass is 32.2. The monoisotopic (exact) mass is 474 g/mol. The maximum Gasteiger partial charge on any atom is 0.257 e. The Kier molecular flexibility index (Phi) is 5.93. The van der Waals surface area contributed by atoms with Gasteiger partial charge in [-0.1, -0.05) is 48.5 Å². The van der Waals surface area contributed by atoms with Gasteiger partial charge in [0.25, 0.3) is 5.91 Å². The number of carbonyl (C=O) groups excluding carboxylic acids is 1. The standard InChI is InChI=1S/C26H26N4O3S/c1-34(32,33)23-10-6-5-9-21(23)25(19-7-3-2-4-8-19)29-13-15-30(16-14-29)26(31)22-18-27-17-20-11-12-28-24(20)22/h2-12,17-18,25,28H,13-16H2,1H3. The highest BCUT2D eigenvalue weighted by Gasteiger charge is 2.31. The molecule has 0 bridgehead atoms. The molecule has 0 aliphatic carbocycles. The molecule has 174 valence electrons. The average Bonchev–Trinajstić information content (AvgIpc) is 3.34. The summed E-state index contributed by atoms with van der Waals surface area (Å²) in [5.41, 5.74) is 3.15. The summed E-state index contributed by atoms with van der Waals surface area (Å²) >= 11 is 0.